The normalized spacial score (nSPS) is 26.3. The third-order valence-electron chi connectivity index (χ3n) is 4.12. The highest BCUT2D eigenvalue weighted by molar-refractivity contribution is 5.87. The lowest BCUT2D eigenvalue weighted by atomic mass is 9.91. The Labute approximate surface area is 107 Å². The summed E-state index contributed by atoms with van der Waals surface area (Å²) in [7, 11) is 0. The summed E-state index contributed by atoms with van der Waals surface area (Å²) in [6.45, 7) is 5.43. The van der Waals surface area contributed by atoms with E-state index in [1.165, 1.54) is 6.08 Å². The number of hydrogen-bond acceptors (Lipinski definition) is 3. The molecule has 1 heterocycles. The number of carbonyl (C=O) groups excluding carboxylic acids is 1. The van der Waals surface area contributed by atoms with Gasteiger partial charge in [-0.15, -0.1) is 6.58 Å². The second-order valence-corrected chi connectivity index (χ2v) is 5.29. The monoisotopic (exact) mass is 252 g/mol. The number of carbonyl (C=O) groups is 2. The zero-order valence-corrected chi connectivity index (χ0v) is 10.4. The summed E-state index contributed by atoms with van der Waals surface area (Å²) in [4.78, 5) is 23.0. The molecule has 1 amide bonds. The molecular weight excluding hydrogens is 232 g/mol. The van der Waals surface area contributed by atoms with Crippen LogP contribution in [0.15, 0.2) is 12.7 Å². The summed E-state index contributed by atoms with van der Waals surface area (Å²) >= 11 is 0. The molecule has 18 heavy (non-hydrogen) atoms. The molecule has 2 atom stereocenters. The Morgan fingerprint density at radius 2 is 2.17 bits per heavy atom. The van der Waals surface area contributed by atoms with E-state index in [1.807, 2.05) is 0 Å². The minimum absolute atomic E-state index is 0.00580. The summed E-state index contributed by atoms with van der Waals surface area (Å²) in [5.41, 5.74) is 0.145. The van der Waals surface area contributed by atoms with Crippen LogP contribution in [-0.4, -0.2) is 36.1 Å². The fourth-order valence-corrected chi connectivity index (χ4v) is 2.86. The lowest BCUT2D eigenvalue weighted by Gasteiger charge is -2.23. The quantitative estimate of drug-likeness (QED) is 0.623. The molecular formula is C13H20N2O3. The first-order chi connectivity index (χ1) is 8.59. The van der Waals surface area contributed by atoms with E-state index in [1.54, 1.807) is 0 Å². The molecule has 0 radical (unpaired) electrons. The zero-order chi connectivity index (χ0) is 13.2. The van der Waals surface area contributed by atoms with Gasteiger partial charge in [-0.05, 0) is 44.2 Å². The van der Waals surface area contributed by atoms with Crippen LogP contribution in [0, 0.1) is 11.3 Å². The molecule has 100 valence electrons. The number of aliphatic carboxylic acids is 1. The van der Waals surface area contributed by atoms with E-state index in [9.17, 15) is 9.59 Å². The van der Waals surface area contributed by atoms with Crippen molar-refractivity contribution in [1.82, 2.24) is 10.6 Å². The van der Waals surface area contributed by atoms with E-state index < -0.39 is 12.0 Å². The Morgan fingerprint density at radius 1 is 1.50 bits per heavy atom. The minimum Gasteiger partial charge on any atom is -0.480 e. The van der Waals surface area contributed by atoms with Gasteiger partial charge in [0.05, 0.1) is 0 Å². The van der Waals surface area contributed by atoms with Crippen molar-refractivity contribution in [1.29, 1.82) is 0 Å². The van der Waals surface area contributed by atoms with Crippen LogP contribution >= 0.6 is 0 Å². The molecule has 2 rings (SSSR count). The Kier molecular flexibility index (Phi) is 3.71. The Bertz CT molecular complexity index is 361. The van der Waals surface area contributed by atoms with Crippen LogP contribution in [0.2, 0.25) is 0 Å². The van der Waals surface area contributed by atoms with Gasteiger partial charge in [0.25, 0.3) is 0 Å². The zero-order valence-electron chi connectivity index (χ0n) is 10.4. The maximum atomic E-state index is 12.0. The standard InChI is InChI=1S/C13H20N2O3/c1-2-3-10(12(17)18)15-11(16)9-8-13(9)4-6-14-7-5-13/h2,9-10,14H,1,3-8H2,(H,15,16)(H,17,18). The van der Waals surface area contributed by atoms with Crippen LogP contribution in [0.5, 0.6) is 0 Å². The summed E-state index contributed by atoms with van der Waals surface area (Å²) in [6.07, 6.45) is 4.73. The number of rotatable bonds is 5. The Balaban J connectivity index is 1.89. The molecule has 2 aliphatic rings. The highest BCUT2D eigenvalue weighted by Gasteiger charge is 2.57. The van der Waals surface area contributed by atoms with Crippen molar-refractivity contribution >= 4 is 11.9 Å². The van der Waals surface area contributed by atoms with Crippen molar-refractivity contribution in [2.45, 2.75) is 31.7 Å². The largest absolute Gasteiger partial charge is 0.480 e. The van der Waals surface area contributed by atoms with Crippen molar-refractivity contribution < 1.29 is 14.7 Å². The second-order valence-electron chi connectivity index (χ2n) is 5.29. The van der Waals surface area contributed by atoms with E-state index in [-0.39, 0.29) is 23.7 Å². The lowest BCUT2D eigenvalue weighted by molar-refractivity contribution is -0.142. The van der Waals surface area contributed by atoms with Gasteiger partial charge in [0, 0.05) is 5.92 Å². The van der Waals surface area contributed by atoms with Gasteiger partial charge in [-0.3, -0.25) is 4.79 Å². The fraction of sp³-hybridized carbons (Fsp3) is 0.692. The van der Waals surface area contributed by atoms with Crippen molar-refractivity contribution in [2.75, 3.05) is 13.1 Å². The topological polar surface area (TPSA) is 78.4 Å². The maximum Gasteiger partial charge on any atom is 0.326 e. The van der Waals surface area contributed by atoms with Gasteiger partial charge in [0.2, 0.25) is 5.91 Å². The summed E-state index contributed by atoms with van der Waals surface area (Å²) < 4.78 is 0. The highest BCUT2D eigenvalue weighted by atomic mass is 16.4. The smallest absolute Gasteiger partial charge is 0.326 e. The van der Waals surface area contributed by atoms with E-state index in [0.717, 1.165) is 32.4 Å². The number of carboxylic acid groups (broad SMARTS) is 1. The van der Waals surface area contributed by atoms with Gasteiger partial charge < -0.3 is 15.7 Å². The Hall–Kier alpha value is -1.36. The van der Waals surface area contributed by atoms with Crippen molar-refractivity contribution in [3.8, 4) is 0 Å². The van der Waals surface area contributed by atoms with Gasteiger partial charge in [0.15, 0.2) is 0 Å². The lowest BCUT2D eigenvalue weighted by Crippen LogP contribution is -2.42. The van der Waals surface area contributed by atoms with E-state index >= 15 is 0 Å². The third-order valence-corrected chi connectivity index (χ3v) is 4.12. The van der Waals surface area contributed by atoms with Crippen LogP contribution in [-0.2, 0) is 9.59 Å². The van der Waals surface area contributed by atoms with E-state index in [4.69, 9.17) is 5.11 Å². The van der Waals surface area contributed by atoms with Crippen molar-refractivity contribution in [3.63, 3.8) is 0 Å². The number of hydrogen-bond donors (Lipinski definition) is 3. The molecule has 1 spiro atoms. The first kappa shape index (κ1) is 13.1. The molecule has 1 aliphatic heterocycles. The van der Waals surface area contributed by atoms with Crippen LogP contribution in [0.1, 0.15) is 25.7 Å². The predicted molar refractivity (Wildman–Crippen MR) is 67.0 cm³/mol. The molecule has 2 unspecified atom stereocenters. The van der Waals surface area contributed by atoms with Crippen LogP contribution in [0.3, 0.4) is 0 Å². The van der Waals surface area contributed by atoms with Crippen molar-refractivity contribution in [3.05, 3.63) is 12.7 Å². The van der Waals surface area contributed by atoms with Crippen molar-refractivity contribution in [2.24, 2.45) is 11.3 Å². The third kappa shape index (κ3) is 2.56. The molecule has 5 nitrogen and oxygen atoms in total. The molecule has 1 saturated carbocycles. The first-order valence-corrected chi connectivity index (χ1v) is 6.44. The summed E-state index contributed by atoms with van der Waals surface area (Å²) in [6, 6.07) is -0.839. The number of amides is 1. The number of nitrogens with one attached hydrogen (secondary N) is 2. The van der Waals surface area contributed by atoms with Gasteiger partial charge >= 0.3 is 5.97 Å². The predicted octanol–water partition coefficient (Wildman–Crippen LogP) is 0.522. The van der Waals surface area contributed by atoms with Gasteiger partial charge in [-0.25, -0.2) is 4.79 Å². The molecule has 0 aromatic rings. The molecule has 0 aromatic heterocycles. The molecule has 1 saturated heterocycles. The minimum atomic E-state index is -0.997. The average molecular weight is 252 g/mol. The van der Waals surface area contributed by atoms with Gasteiger partial charge in [0.1, 0.15) is 6.04 Å². The molecule has 0 aromatic carbocycles. The summed E-state index contributed by atoms with van der Waals surface area (Å²) in [5, 5.41) is 14.9. The number of piperidine rings is 1. The van der Waals surface area contributed by atoms with Gasteiger partial charge in [-0.1, -0.05) is 6.08 Å². The van der Waals surface area contributed by atoms with Gasteiger partial charge in [-0.2, -0.15) is 0 Å². The van der Waals surface area contributed by atoms with Crippen LogP contribution in [0.4, 0.5) is 0 Å². The first-order valence-electron chi connectivity index (χ1n) is 6.44. The Morgan fingerprint density at radius 3 is 2.72 bits per heavy atom. The fourth-order valence-electron chi connectivity index (χ4n) is 2.86. The van der Waals surface area contributed by atoms with E-state index in [2.05, 4.69) is 17.2 Å². The highest BCUT2D eigenvalue weighted by Crippen LogP contribution is 2.58. The average Bonchev–Trinajstić information content (AvgIpc) is 3.03. The molecule has 3 N–H and O–H groups in total. The SMILES string of the molecule is C=CCC(NC(=O)C1CC12CCNCC2)C(=O)O. The molecule has 2 fully saturated rings. The molecule has 1 aliphatic carbocycles. The van der Waals surface area contributed by atoms with E-state index in [0.29, 0.717) is 0 Å². The number of carboxylic acids is 1. The second kappa shape index (κ2) is 5.10. The molecule has 5 heteroatoms. The maximum absolute atomic E-state index is 12.0. The summed E-state index contributed by atoms with van der Waals surface area (Å²) in [5.74, 6) is -1.10. The van der Waals surface area contributed by atoms with Crippen LogP contribution in [0.25, 0.3) is 0 Å². The van der Waals surface area contributed by atoms with Crippen LogP contribution < -0.4 is 10.6 Å². The molecule has 0 bridgehead atoms.